The van der Waals surface area contributed by atoms with Crippen molar-refractivity contribution >= 4 is 11.8 Å². The molecule has 3 fully saturated rings. The molecule has 2 amide bonds. The van der Waals surface area contributed by atoms with Crippen LogP contribution in [0.5, 0.6) is 0 Å². The Morgan fingerprint density at radius 1 is 1.00 bits per heavy atom. The normalized spacial score (nSPS) is 30.4. The third-order valence-electron chi connectivity index (χ3n) is 5.33. The van der Waals surface area contributed by atoms with Crippen LogP contribution < -0.4 is 5.32 Å². The van der Waals surface area contributed by atoms with Gasteiger partial charge in [0.15, 0.2) is 0 Å². The molecular formula is C16H26N2O3. The third-order valence-corrected chi connectivity index (χ3v) is 5.33. The van der Waals surface area contributed by atoms with Crippen LogP contribution in [0.15, 0.2) is 0 Å². The number of amides is 2. The number of nitrogens with zero attached hydrogens (tertiary/aromatic N) is 1. The van der Waals surface area contributed by atoms with Gasteiger partial charge in [-0.15, -0.1) is 0 Å². The molecule has 0 aromatic carbocycles. The van der Waals surface area contributed by atoms with Crippen LogP contribution in [0.4, 0.5) is 0 Å². The minimum Gasteiger partial charge on any atom is -0.396 e. The van der Waals surface area contributed by atoms with Crippen LogP contribution in [0.25, 0.3) is 0 Å². The topological polar surface area (TPSA) is 69.6 Å². The summed E-state index contributed by atoms with van der Waals surface area (Å²) >= 11 is 0. The quantitative estimate of drug-likeness (QED) is 0.810. The zero-order valence-electron chi connectivity index (χ0n) is 12.6. The second kappa shape index (κ2) is 6.34. The van der Waals surface area contributed by atoms with Gasteiger partial charge >= 0.3 is 0 Å². The fraction of sp³-hybridized carbons (Fsp3) is 0.875. The summed E-state index contributed by atoms with van der Waals surface area (Å²) in [6, 6.07) is 0.147. The SMILES string of the molecule is O=C(NC1CCCC1CO)C1CCN(C(=O)C2CC2)CC1. The van der Waals surface area contributed by atoms with Gasteiger partial charge in [-0.25, -0.2) is 0 Å². The van der Waals surface area contributed by atoms with Crippen molar-refractivity contribution < 1.29 is 14.7 Å². The maximum atomic E-state index is 12.3. The average molecular weight is 294 g/mol. The van der Waals surface area contributed by atoms with E-state index in [0.717, 1.165) is 58.0 Å². The number of carbonyl (C=O) groups is 2. The molecule has 1 saturated heterocycles. The van der Waals surface area contributed by atoms with E-state index >= 15 is 0 Å². The number of nitrogens with one attached hydrogen (secondary N) is 1. The van der Waals surface area contributed by atoms with Gasteiger partial charge in [-0.05, 0) is 38.5 Å². The Morgan fingerprint density at radius 3 is 2.33 bits per heavy atom. The van der Waals surface area contributed by atoms with E-state index in [9.17, 15) is 14.7 Å². The highest BCUT2D eigenvalue weighted by atomic mass is 16.3. The Bertz CT molecular complexity index is 400. The molecule has 0 aromatic rings. The first-order valence-corrected chi connectivity index (χ1v) is 8.39. The van der Waals surface area contributed by atoms with Crippen LogP contribution in [-0.2, 0) is 9.59 Å². The number of hydrogen-bond donors (Lipinski definition) is 2. The van der Waals surface area contributed by atoms with Crippen molar-refractivity contribution in [3.63, 3.8) is 0 Å². The highest BCUT2D eigenvalue weighted by Crippen LogP contribution is 2.32. The average Bonchev–Trinajstić information content (AvgIpc) is 3.27. The van der Waals surface area contributed by atoms with Crippen LogP contribution in [0, 0.1) is 17.8 Å². The largest absolute Gasteiger partial charge is 0.396 e. The molecule has 21 heavy (non-hydrogen) atoms. The second-order valence-electron chi connectivity index (χ2n) is 6.86. The number of hydrogen-bond acceptors (Lipinski definition) is 3. The van der Waals surface area contributed by atoms with E-state index in [4.69, 9.17) is 0 Å². The van der Waals surface area contributed by atoms with E-state index < -0.39 is 0 Å². The molecule has 2 aliphatic carbocycles. The van der Waals surface area contributed by atoms with Gasteiger partial charge in [0.05, 0.1) is 0 Å². The summed E-state index contributed by atoms with van der Waals surface area (Å²) in [5.74, 6) is 0.960. The Labute approximate surface area is 126 Å². The summed E-state index contributed by atoms with van der Waals surface area (Å²) < 4.78 is 0. The van der Waals surface area contributed by atoms with E-state index in [0.29, 0.717) is 5.91 Å². The van der Waals surface area contributed by atoms with Gasteiger partial charge in [0, 0.05) is 43.5 Å². The highest BCUT2D eigenvalue weighted by Gasteiger charge is 2.36. The molecule has 2 unspecified atom stereocenters. The van der Waals surface area contributed by atoms with Crippen molar-refractivity contribution in [2.45, 2.75) is 51.0 Å². The zero-order valence-corrected chi connectivity index (χ0v) is 12.6. The van der Waals surface area contributed by atoms with Crippen molar-refractivity contribution in [2.75, 3.05) is 19.7 Å². The van der Waals surface area contributed by atoms with E-state index in [-0.39, 0.29) is 36.3 Å². The van der Waals surface area contributed by atoms with Gasteiger partial charge in [0.2, 0.25) is 11.8 Å². The van der Waals surface area contributed by atoms with Crippen molar-refractivity contribution in [1.29, 1.82) is 0 Å². The van der Waals surface area contributed by atoms with Crippen molar-refractivity contribution in [2.24, 2.45) is 17.8 Å². The number of likely N-dealkylation sites (tertiary alicyclic amines) is 1. The van der Waals surface area contributed by atoms with Crippen LogP contribution >= 0.6 is 0 Å². The molecule has 118 valence electrons. The molecular weight excluding hydrogens is 268 g/mol. The summed E-state index contributed by atoms with van der Waals surface area (Å²) in [4.78, 5) is 26.3. The first-order valence-electron chi connectivity index (χ1n) is 8.39. The lowest BCUT2D eigenvalue weighted by molar-refractivity contribution is -0.137. The number of carbonyl (C=O) groups excluding carboxylic acids is 2. The molecule has 1 aliphatic heterocycles. The minimum atomic E-state index is 0.0354. The number of piperidine rings is 1. The Kier molecular flexibility index (Phi) is 4.48. The van der Waals surface area contributed by atoms with Crippen molar-refractivity contribution in [3.8, 4) is 0 Å². The van der Waals surface area contributed by atoms with E-state index in [1.54, 1.807) is 0 Å². The summed E-state index contributed by atoms with van der Waals surface area (Å²) in [5, 5.41) is 12.4. The number of rotatable bonds is 4. The molecule has 1 heterocycles. The summed E-state index contributed by atoms with van der Waals surface area (Å²) in [7, 11) is 0. The molecule has 5 heteroatoms. The van der Waals surface area contributed by atoms with E-state index in [2.05, 4.69) is 5.32 Å². The Balaban J connectivity index is 1.45. The van der Waals surface area contributed by atoms with Gasteiger partial charge in [0.25, 0.3) is 0 Å². The standard InChI is InChI=1S/C16H26N2O3/c19-10-13-2-1-3-14(13)17-15(20)11-6-8-18(9-7-11)16(21)12-4-5-12/h11-14,19H,1-10H2,(H,17,20). The van der Waals surface area contributed by atoms with Crippen molar-refractivity contribution in [1.82, 2.24) is 10.2 Å². The molecule has 2 saturated carbocycles. The second-order valence-corrected chi connectivity index (χ2v) is 6.86. The maximum absolute atomic E-state index is 12.3. The predicted octanol–water partition coefficient (Wildman–Crippen LogP) is 0.912. The molecule has 2 N–H and O–H groups in total. The van der Waals surface area contributed by atoms with Crippen LogP contribution in [0.3, 0.4) is 0 Å². The minimum absolute atomic E-state index is 0.0354. The molecule has 3 rings (SSSR count). The fourth-order valence-electron chi connectivity index (χ4n) is 3.70. The Hall–Kier alpha value is -1.10. The van der Waals surface area contributed by atoms with Gasteiger partial charge in [-0.2, -0.15) is 0 Å². The monoisotopic (exact) mass is 294 g/mol. The van der Waals surface area contributed by atoms with Crippen LogP contribution in [0.1, 0.15) is 44.9 Å². The first-order chi connectivity index (χ1) is 10.2. The van der Waals surface area contributed by atoms with Gasteiger partial charge in [-0.3, -0.25) is 9.59 Å². The van der Waals surface area contributed by atoms with E-state index in [1.165, 1.54) is 0 Å². The fourth-order valence-corrected chi connectivity index (χ4v) is 3.70. The highest BCUT2D eigenvalue weighted by molar-refractivity contribution is 5.82. The van der Waals surface area contributed by atoms with Gasteiger partial charge < -0.3 is 15.3 Å². The Morgan fingerprint density at radius 2 is 1.71 bits per heavy atom. The number of aliphatic hydroxyl groups excluding tert-OH is 1. The molecule has 0 spiro atoms. The van der Waals surface area contributed by atoms with Gasteiger partial charge in [-0.1, -0.05) is 6.42 Å². The predicted molar refractivity (Wildman–Crippen MR) is 78.4 cm³/mol. The smallest absolute Gasteiger partial charge is 0.225 e. The van der Waals surface area contributed by atoms with Gasteiger partial charge in [0.1, 0.15) is 0 Å². The van der Waals surface area contributed by atoms with Crippen LogP contribution in [-0.4, -0.2) is 47.6 Å². The summed E-state index contributed by atoms with van der Waals surface area (Å²) in [5.41, 5.74) is 0. The molecule has 0 bridgehead atoms. The van der Waals surface area contributed by atoms with E-state index in [1.807, 2.05) is 4.90 Å². The third kappa shape index (κ3) is 3.39. The summed E-state index contributed by atoms with van der Waals surface area (Å²) in [6.07, 6.45) is 6.73. The lowest BCUT2D eigenvalue weighted by Crippen LogP contribution is -2.46. The van der Waals surface area contributed by atoms with Crippen LogP contribution in [0.2, 0.25) is 0 Å². The maximum Gasteiger partial charge on any atom is 0.225 e. The zero-order chi connectivity index (χ0) is 14.8. The molecule has 2 atom stereocenters. The number of aliphatic hydroxyl groups is 1. The molecule has 0 radical (unpaired) electrons. The lowest BCUT2D eigenvalue weighted by atomic mass is 9.94. The molecule has 0 aromatic heterocycles. The first kappa shape index (κ1) is 14.8. The lowest BCUT2D eigenvalue weighted by Gasteiger charge is -2.32. The molecule has 3 aliphatic rings. The summed E-state index contributed by atoms with van der Waals surface area (Å²) in [6.45, 7) is 1.61. The molecule has 5 nitrogen and oxygen atoms in total. The van der Waals surface area contributed by atoms with Crippen molar-refractivity contribution in [3.05, 3.63) is 0 Å².